The summed E-state index contributed by atoms with van der Waals surface area (Å²) in [6.07, 6.45) is 2.12. The molecule has 0 spiro atoms. The monoisotopic (exact) mass is 221 g/mol. The lowest BCUT2D eigenvalue weighted by molar-refractivity contribution is 0.0687. The van der Waals surface area contributed by atoms with Gasteiger partial charge in [0.1, 0.15) is 17.4 Å². The van der Waals surface area contributed by atoms with Crippen LogP contribution in [0.4, 0.5) is 0 Å². The zero-order valence-corrected chi connectivity index (χ0v) is 8.98. The number of rotatable bonds is 3. The SMILES string of the molecule is O=C(O)c1ccccc1OC1CCCNC1. The van der Waals surface area contributed by atoms with Crippen molar-refractivity contribution >= 4 is 5.97 Å². The fourth-order valence-corrected chi connectivity index (χ4v) is 1.85. The second-order valence-electron chi connectivity index (χ2n) is 3.89. The topological polar surface area (TPSA) is 58.6 Å². The molecule has 86 valence electrons. The van der Waals surface area contributed by atoms with Crippen molar-refractivity contribution < 1.29 is 14.6 Å². The molecule has 0 radical (unpaired) electrons. The van der Waals surface area contributed by atoms with Crippen LogP contribution in [0.1, 0.15) is 23.2 Å². The normalized spacial score (nSPS) is 20.4. The summed E-state index contributed by atoms with van der Waals surface area (Å²) in [5, 5.41) is 12.2. The van der Waals surface area contributed by atoms with Gasteiger partial charge < -0.3 is 15.2 Å². The lowest BCUT2D eigenvalue weighted by Crippen LogP contribution is -2.37. The molecule has 1 fully saturated rings. The molecule has 16 heavy (non-hydrogen) atoms. The molecule has 0 bridgehead atoms. The van der Waals surface area contributed by atoms with Gasteiger partial charge in [-0.1, -0.05) is 12.1 Å². The van der Waals surface area contributed by atoms with Crippen molar-refractivity contribution in [1.82, 2.24) is 5.32 Å². The highest BCUT2D eigenvalue weighted by Gasteiger charge is 2.17. The summed E-state index contributed by atoms with van der Waals surface area (Å²) < 4.78 is 5.70. The fourth-order valence-electron chi connectivity index (χ4n) is 1.85. The highest BCUT2D eigenvalue weighted by Crippen LogP contribution is 2.21. The van der Waals surface area contributed by atoms with E-state index in [0.717, 1.165) is 25.9 Å². The fraction of sp³-hybridized carbons (Fsp3) is 0.417. The maximum atomic E-state index is 11.0. The number of para-hydroxylation sites is 1. The van der Waals surface area contributed by atoms with E-state index in [0.29, 0.717) is 5.75 Å². The summed E-state index contributed by atoms with van der Waals surface area (Å²) in [5.41, 5.74) is 0.230. The standard InChI is InChI=1S/C12H15NO3/c14-12(15)10-5-1-2-6-11(10)16-9-4-3-7-13-8-9/h1-2,5-6,9,13H,3-4,7-8H2,(H,14,15). The van der Waals surface area contributed by atoms with Crippen LogP contribution in [-0.2, 0) is 0 Å². The molecule has 4 heteroatoms. The van der Waals surface area contributed by atoms with Gasteiger partial charge in [-0.2, -0.15) is 0 Å². The molecule has 2 N–H and O–H groups in total. The number of carboxylic acids is 1. The number of aromatic carboxylic acids is 1. The van der Waals surface area contributed by atoms with Gasteiger partial charge in [-0.15, -0.1) is 0 Å². The molecule has 0 aliphatic carbocycles. The summed E-state index contributed by atoms with van der Waals surface area (Å²) in [4.78, 5) is 11.0. The summed E-state index contributed by atoms with van der Waals surface area (Å²) in [5.74, 6) is -0.483. The Labute approximate surface area is 94.2 Å². The maximum Gasteiger partial charge on any atom is 0.339 e. The number of hydrogen-bond acceptors (Lipinski definition) is 3. The quantitative estimate of drug-likeness (QED) is 0.812. The first-order chi connectivity index (χ1) is 7.77. The zero-order valence-electron chi connectivity index (χ0n) is 8.98. The predicted octanol–water partition coefficient (Wildman–Crippen LogP) is 1.52. The average molecular weight is 221 g/mol. The number of hydrogen-bond donors (Lipinski definition) is 2. The Morgan fingerprint density at radius 2 is 2.25 bits per heavy atom. The molecular formula is C12H15NO3. The predicted molar refractivity (Wildman–Crippen MR) is 59.9 cm³/mol. The van der Waals surface area contributed by atoms with E-state index in [4.69, 9.17) is 9.84 Å². The van der Waals surface area contributed by atoms with Crippen LogP contribution in [0.5, 0.6) is 5.75 Å². The summed E-state index contributed by atoms with van der Waals surface area (Å²) in [6.45, 7) is 1.80. The Morgan fingerprint density at radius 3 is 2.94 bits per heavy atom. The van der Waals surface area contributed by atoms with E-state index in [-0.39, 0.29) is 11.7 Å². The molecule has 2 rings (SSSR count). The molecule has 0 aromatic heterocycles. The minimum absolute atomic E-state index is 0.0780. The third-order valence-corrected chi connectivity index (χ3v) is 2.66. The molecule has 1 unspecified atom stereocenters. The van der Waals surface area contributed by atoms with Gasteiger partial charge in [0.05, 0.1) is 0 Å². The highest BCUT2D eigenvalue weighted by molar-refractivity contribution is 5.90. The van der Waals surface area contributed by atoms with Crippen molar-refractivity contribution in [3.05, 3.63) is 29.8 Å². The second-order valence-corrected chi connectivity index (χ2v) is 3.89. The first-order valence-corrected chi connectivity index (χ1v) is 5.47. The molecular weight excluding hydrogens is 206 g/mol. The Hall–Kier alpha value is -1.55. The smallest absolute Gasteiger partial charge is 0.339 e. The first kappa shape index (κ1) is 11.0. The van der Waals surface area contributed by atoms with Crippen LogP contribution in [0.3, 0.4) is 0 Å². The van der Waals surface area contributed by atoms with Crippen molar-refractivity contribution in [3.63, 3.8) is 0 Å². The van der Waals surface area contributed by atoms with Crippen molar-refractivity contribution in [2.45, 2.75) is 18.9 Å². The summed E-state index contributed by atoms with van der Waals surface area (Å²) >= 11 is 0. The Morgan fingerprint density at radius 1 is 1.44 bits per heavy atom. The summed E-state index contributed by atoms with van der Waals surface area (Å²) in [7, 11) is 0. The lowest BCUT2D eigenvalue weighted by Gasteiger charge is -2.24. The van der Waals surface area contributed by atoms with Gasteiger partial charge in [0.25, 0.3) is 0 Å². The molecule has 4 nitrogen and oxygen atoms in total. The van der Waals surface area contributed by atoms with Gasteiger partial charge in [0.15, 0.2) is 0 Å². The molecule has 1 aliphatic rings. The average Bonchev–Trinajstić information content (AvgIpc) is 2.31. The van der Waals surface area contributed by atoms with E-state index in [1.807, 2.05) is 0 Å². The van der Waals surface area contributed by atoms with E-state index in [2.05, 4.69) is 5.32 Å². The molecule has 1 aromatic carbocycles. The molecule has 0 amide bonds. The Bertz CT molecular complexity index is 372. The lowest BCUT2D eigenvalue weighted by atomic mass is 10.1. The Balaban J connectivity index is 2.10. The van der Waals surface area contributed by atoms with Crippen molar-refractivity contribution in [2.75, 3.05) is 13.1 Å². The zero-order chi connectivity index (χ0) is 11.4. The van der Waals surface area contributed by atoms with Crippen LogP contribution >= 0.6 is 0 Å². The molecule has 1 atom stereocenters. The Kier molecular flexibility index (Phi) is 3.41. The third kappa shape index (κ3) is 2.52. The molecule has 1 saturated heterocycles. The van der Waals surface area contributed by atoms with Crippen molar-refractivity contribution in [1.29, 1.82) is 0 Å². The largest absolute Gasteiger partial charge is 0.488 e. The van der Waals surface area contributed by atoms with Crippen LogP contribution in [0.25, 0.3) is 0 Å². The highest BCUT2D eigenvalue weighted by atomic mass is 16.5. The van der Waals surface area contributed by atoms with Gasteiger partial charge in [-0.3, -0.25) is 0 Å². The summed E-state index contributed by atoms with van der Waals surface area (Å²) in [6, 6.07) is 6.76. The number of carbonyl (C=O) groups is 1. The maximum absolute atomic E-state index is 11.0. The van der Waals surface area contributed by atoms with E-state index >= 15 is 0 Å². The molecule has 1 aromatic rings. The number of ether oxygens (including phenoxy) is 1. The van der Waals surface area contributed by atoms with Crippen LogP contribution in [0.2, 0.25) is 0 Å². The second kappa shape index (κ2) is 4.99. The van der Waals surface area contributed by atoms with Crippen LogP contribution in [0, 0.1) is 0 Å². The van der Waals surface area contributed by atoms with E-state index in [1.54, 1.807) is 24.3 Å². The van der Waals surface area contributed by atoms with Gasteiger partial charge >= 0.3 is 5.97 Å². The van der Waals surface area contributed by atoms with E-state index in [1.165, 1.54) is 0 Å². The van der Waals surface area contributed by atoms with Crippen LogP contribution in [0.15, 0.2) is 24.3 Å². The molecule has 0 saturated carbocycles. The molecule has 1 heterocycles. The van der Waals surface area contributed by atoms with Gasteiger partial charge in [0.2, 0.25) is 0 Å². The van der Waals surface area contributed by atoms with Gasteiger partial charge in [-0.25, -0.2) is 4.79 Å². The van der Waals surface area contributed by atoms with E-state index < -0.39 is 5.97 Å². The van der Waals surface area contributed by atoms with Gasteiger partial charge in [-0.05, 0) is 31.5 Å². The van der Waals surface area contributed by atoms with Gasteiger partial charge in [0, 0.05) is 6.54 Å². The number of benzene rings is 1. The molecule has 1 aliphatic heterocycles. The van der Waals surface area contributed by atoms with Crippen molar-refractivity contribution in [3.8, 4) is 5.75 Å². The number of piperidine rings is 1. The minimum atomic E-state index is -0.945. The minimum Gasteiger partial charge on any atom is -0.488 e. The third-order valence-electron chi connectivity index (χ3n) is 2.66. The van der Waals surface area contributed by atoms with E-state index in [9.17, 15) is 4.79 Å². The van der Waals surface area contributed by atoms with Crippen LogP contribution in [-0.4, -0.2) is 30.3 Å². The first-order valence-electron chi connectivity index (χ1n) is 5.47. The number of carboxylic acid groups (broad SMARTS) is 1. The number of nitrogens with one attached hydrogen (secondary N) is 1. The van der Waals surface area contributed by atoms with Crippen molar-refractivity contribution in [2.24, 2.45) is 0 Å². The van der Waals surface area contributed by atoms with Crippen LogP contribution < -0.4 is 10.1 Å².